The van der Waals surface area contributed by atoms with Gasteiger partial charge in [-0.05, 0) is 24.0 Å². The number of rotatable bonds is 6. The summed E-state index contributed by atoms with van der Waals surface area (Å²) in [6.45, 7) is 4.28. The van der Waals surface area contributed by atoms with Crippen LogP contribution in [0.2, 0.25) is 0 Å². The number of hydrogen-bond acceptors (Lipinski definition) is 5. The zero-order valence-corrected chi connectivity index (χ0v) is 15.6. The Morgan fingerprint density at radius 2 is 1.92 bits per heavy atom. The number of hydrogen-bond donors (Lipinski definition) is 2. The summed E-state index contributed by atoms with van der Waals surface area (Å²) < 4.78 is 10.9. The van der Waals surface area contributed by atoms with Crippen LogP contribution in [-0.4, -0.2) is 61.0 Å². The molecule has 0 radical (unpaired) electrons. The van der Waals surface area contributed by atoms with Crippen molar-refractivity contribution in [1.82, 2.24) is 10.2 Å². The van der Waals surface area contributed by atoms with Crippen LogP contribution in [0, 0.1) is 0 Å². The Labute approximate surface area is 155 Å². The summed E-state index contributed by atoms with van der Waals surface area (Å²) in [5.74, 6) is -0.0563. The van der Waals surface area contributed by atoms with Gasteiger partial charge in [0.1, 0.15) is 0 Å². The molecule has 26 heavy (non-hydrogen) atoms. The fourth-order valence-corrected chi connectivity index (χ4v) is 3.76. The second-order valence-corrected chi connectivity index (χ2v) is 7.27. The number of nitrogens with zero attached hydrogens (tertiary/aromatic N) is 1. The zero-order valence-electron chi connectivity index (χ0n) is 15.6. The summed E-state index contributed by atoms with van der Waals surface area (Å²) in [4.78, 5) is 15.1. The molecule has 0 aliphatic carbocycles. The molecule has 2 aliphatic heterocycles. The predicted octanol–water partition coefficient (Wildman–Crippen LogP) is 1.46. The monoisotopic (exact) mass is 362 g/mol. The highest BCUT2D eigenvalue weighted by Crippen LogP contribution is 2.25. The van der Waals surface area contributed by atoms with Gasteiger partial charge in [0, 0.05) is 59.3 Å². The first-order valence-electron chi connectivity index (χ1n) is 9.51. The highest BCUT2D eigenvalue weighted by atomic mass is 16.5. The maximum Gasteiger partial charge on any atom is 0.252 e. The van der Waals surface area contributed by atoms with Crippen molar-refractivity contribution in [3.63, 3.8) is 0 Å². The lowest BCUT2D eigenvalue weighted by Crippen LogP contribution is -2.51. The van der Waals surface area contributed by atoms with Gasteiger partial charge >= 0.3 is 0 Å². The van der Waals surface area contributed by atoms with Gasteiger partial charge in [-0.15, -0.1) is 0 Å². The van der Waals surface area contributed by atoms with Crippen LogP contribution < -0.4 is 5.32 Å². The molecule has 0 spiro atoms. The number of amides is 1. The fraction of sp³-hybridized carbons (Fsp3) is 0.650. The van der Waals surface area contributed by atoms with Crippen molar-refractivity contribution in [3.05, 3.63) is 35.4 Å². The average Bonchev–Trinajstić information content (AvgIpc) is 2.69. The van der Waals surface area contributed by atoms with Crippen LogP contribution >= 0.6 is 0 Å². The molecule has 2 N–H and O–H groups in total. The number of ether oxygens (including phenoxy) is 2. The van der Waals surface area contributed by atoms with E-state index in [1.807, 2.05) is 12.1 Å². The van der Waals surface area contributed by atoms with E-state index in [-0.39, 0.29) is 12.0 Å². The van der Waals surface area contributed by atoms with Crippen LogP contribution in [0.25, 0.3) is 0 Å². The Kier molecular flexibility index (Phi) is 6.64. The lowest BCUT2D eigenvalue weighted by molar-refractivity contribution is -0.155. The molecule has 0 unspecified atom stereocenters. The molecule has 2 aliphatic rings. The quantitative estimate of drug-likeness (QED) is 0.802. The minimum atomic E-state index is -0.768. The first-order chi connectivity index (χ1) is 12.6. The second kappa shape index (κ2) is 8.95. The molecule has 0 atom stereocenters. The maximum absolute atomic E-state index is 12.7. The standard InChI is InChI=1S/C20H30N2O4/c1-25-20(8-12-26-13-9-20)19(24)21-14-16-4-2-3-5-17(16)15-22-10-6-18(23)7-11-22/h2-5,18,23H,6-15H2,1H3,(H,21,24). The number of carbonyl (C=O) groups is 1. The van der Waals surface area contributed by atoms with Crippen LogP contribution in [0.15, 0.2) is 24.3 Å². The van der Waals surface area contributed by atoms with E-state index < -0.39 is 5.60 Å². The topological polar surface area (TPSA) is 71.0 Å². The van der Waals surface area contributed by atoms with E-state index >= 15 is 0 Å². The lowest BCUT2D eigenvalue weighted by Gasteiger charge is -2.34. The van der Waals surface area contributed by atoms with Crippen molar-refractivity contribution in [1.29, 1.82) is 0 Å². The smallest absolute Gasteiger partial charge is 0.252 e. The summed E-state index contributed by atoms with van der Waals surface area (Å²) in [5.41, 5.74) is 1.59. The molecule has 2 saturated heterocycles. The van der Waals surface area contributed by atoms with Gasteiger partial charge in [-0.25, -0.2) is 0 Å². The number of carbonyl (C=O) groups excluding carboxylic acids is 1. The van der Waals surface area contributed by atoms with E-state index in [1.165, 1.54) is 5.56 Å². The molecule has 6 heteroatoms. The van der Waals surface area contributed by atoms with Gasteiger partial charge < -0.3 is 19.9 Å². The minimum absolute atomic E-state index is 0.0563. The van der Waals surface area contributed by atoms with Crippen molar-refractivity contribution < 1.29 is 19.4 Å². The summed E-state index contributed by atoms with van der Waals surface area (Å²) in [7, 11) is 1.60. The number of nitrogens with one attached hydrogen (secondary N) is 1. The number of piperidine rings is 1. The van der Waals surface area contributed by atoms with Crippen molar-refractivity contribution in [2.75, 3.05) is 33.4 Å². The van der Waals surface area contributed by atoms with E-state index in [0.717, 1.165) is 38.0 Å². The van der Waals surface area contributed by atoms with Crippen molar-refractivity contribution >= 4 is 5.91 Å². The number of aliphatic hydroxyl groups excluding tert-OH is 1. The third-order valence-electron chi connectivity index (χ3n) is 5.61. The average molecular weight is 362 g/mol. The Hall–Kier alpha value is -1.47. The van der Waals surface area contributed by atoms with Crippen LogP contribution in [-0.2, 0) is 27.4 Å². The largest absolute Gasteiger partial charge is 0.393 e. The van der Waals surface area contributed by atoms with Gasteiger partial charge in [-0.2, -0.15) is 0 Å². The van der Waals surface area contributed by atoms with Gasteiger partial charge in [0.05, 0.1) is 6.10 Å². The summed E-state index contributed by atoms with van der Waals surface area (Å²) >= 11 is 0. The van der Waals surface area contributed by atoms with E-state index in [2.05, 4.69) is 22.3 Å². The van der Waals surface area contributed by atoms with Crippen LogP contribution in [0.1, 0.15) is 36.8 Å². The summed E-state index contributed by atoms with van der Waals surface area (Å²) in [6.07, 6.45) is 2.68. The van der Waals surface area contributed by atoms with Crippen LogP contribution in [0.3, 0.4) is 0 Å². The molecule has 1 amide bonds. The number of aliphatic hydroxyl groups is 1. The molecule has 1 aromatic carbocycles. The molecule has 0 aromatic heterocycles. The van der Waals surface area contributed by atoms with E-state index in [4.69, 9.17) is 9.47 Å². The number of benzene rings is 1. The first-order valence-corrected chi connectivity index (χ1v) is 9.51. The predicted molar refractivity (Wildman–Crippen MR) is 98.6 cm³/mol. The van der Waals surface area contributed by atoms with E-state index in [0.29, 0.717) is 32.6 Å². The van der Waals surface area contributed by atoms with Crippen LogP contribution in [0.4, 0.5) is 0 Å². The molecule has 1 aromatic rings. The summed E-state index contributed by atoms with van der Waals surface area (Å²) in [6, 6.07) is 8.23. The summed E-state index contributed by atoms with van der Waals surface area (Å²) in [5, 5.41) is 12.7. The molecule has 0 bridgehead atoms. The van der Waals surface area contributed by atoms with Crippen molar-refractivity contribution in [2.45, 2.75) is 50.5 Å². The van der Waals surface area contributed by atoms with Gasteiger partial charge in [-0.3, -0.25) is 9.69 Å². The van der Waals surface area contributed by atoms with Crippen LogP contribution in [0.5, 0.6) is 0 Å². The van der Waals surface area contributed by atoms with E-state index in [9.17, 15) is 9.90 Å². The first kappa shape index (κ1) is 19.3. The molecular weight excluding hydrogens is 332 g/mol. The maximum atomic E-state index is 12.7. The third kappa shape index (κ3) is 4.62. The third-order valence-corrected chi connectivity index (χ3v) is 5.61. The van der Waals surface area contributed by atoms with Gasteiger partial charge in [0.2, 0.25) is 0 Å². The van der Waals surface area contributed by atoms with Gasteiger partial charge in [-0.1, -0.05) is 24.3 Å². The Morgan fingerprint density at radius 1 is 1.27 bits per heavy atom. The Morgan fingerprint density at radius 3 is 2.58 bits per heavy atom. The van der Waals surface area contributed by atoms with E-state index in [1.54, 1.807) is 7.11 Å². The normalized spacial score (nSPS) is 21.5. The lowest BCUT2D eigenvalue weighted by atomic mass is 9.93. The molecule has 144 valence electrons. The molecule has 2 fully saturated rings. The van der Waals surface area contributed by atoms with Crippen molar-refractivity contribution in [3.8, 4) is 0 Å². The Balaban J connectivity index is 1.60. The molecule has 3 rings (SSSR count). The van der Waals surface area contributed by atoms with Crippen molar-refractivity contribution in [2.24, 2.45) is 0 Å². The van der Waals surface area contributed by atoms with Gasteiger partial charge in [0.15, 0.2) is 5.60 Å². The molecule has 6 nitrogen and oxygen atoms in total. The molecular formula is C20H30N2O4. The Bertz CT molecular complexity index is 593. The second-order valence-electron chi connectivity index (χ2n) is 7.27. The molecule has 2 heterocycles. The highest BCUT2D eigenvalue weighted by molar-refractivity contribution is 5.85. The number of likely N-dealkylation sites (tertiary alicyclic amines) is 1. The minimum Gasteiger partial charge on any atom is -0.393 e. The zero-order chi connectivity index (χ0) is 18.4. The fourth-order valence-electron chi connectivity index (χ4n) is 3.76. The molecule has 0 saturated carbocycles. The van der Waals surface area contributed by atoms with Gasteiger partial charge in [0.25, 0.3) is 5.91 Å². The SMILES string of the molecule is COC1(C(=O)NCc2ccccc2CN2CCC(O)CC2)CCOCC1. The number of methoxy groups -OCH3 is 1. The highest BCUT2D eigenvalue weighted by Gasteiger charge is 2.40.